The summed E-state index contributed by atoms with van der Waals surface area (Å²) in [6.07, 6.45) is 0. The van der Waals surface area contributed by atoms with Crippen molar-refractivity contribution >= 4 is 44.5 Å². The molecule has 0 fully saturated rings. The first-order chi connectivity index (χ1) is 9.52. The average Bonchev–Trinajstić information content (AvgIpc) is 2.90. The van der Waals surface area contributed by atoms with E-state index in [9.17, 15) is 4.79 Å². The molecule has 6 nitrogen and oxygen atoms in total. The second kappa shape index (κ2) is 5.15. The summed E-state index contributed by atoms with van der Waals surface area (Å²) in [5.41, 5.74) is 7.18. The third-order valence-corrected chi connectivity index (χ3v) is 5.96. The van der Waals surface area contributed by atoms with Crippen LogP contribution in [0.25, 0.3) is 4.96 Å². The lowest BCUT2D eigenvalue weighted by atomic mass is 10.5. The summed E-state index contributed by atoms with van der Waals surface area (Å²) in [4.78, 5) is 20.9. The highest BCUT2D eigenvalue weighted by atomic mass is 32.2. The van der Waals surface area contributed by atoms with Gasteiger partial charge in [0.15, 0.2) is 5.13 Å². The third kappa shape index (κ3) is 2.56. The summed E-state index contributed by atoms with van der Waals surface area (Å²) in [5, 5.41) is 5.73. The zero-order valence-corrected chi connectivity index (χ0v) is 13.2. The van der Waals surface area contributed by atoms with Crippen molar-refractivity contribution < 1.29 is 0 Å². The number of anilines is 1. The third-order valence-electron chi connectivity index (χ3n) is 2.51. The van der Waals surface area contributed by atoms with Crippen LogP contribution in [0.15, 0.2) is 15.1 Å². The predicted molar refractivity (Wildman–Crippen MR) is 82.7 cm³/mol. The molecule has 2 N–H and O–H groups in total. The highest BCUT2D eigenvalue weighted by Crippen LogP contribution is 2.33. The Morgan fingerprint density at radius 2 is 2.15 bits per heavy atom. The number of nitrogens with two attached hydrogens (primary N) is 1. The van der Waals surface area contributed by atoms with Gasteiger partial charge in [0.05, 0.1) is 15.7 Å². The molecule has 0 saturated carbocycles. The number of fused-ring (bicyclic) bond motifs is 1. The molecule has 104 valence electrons. The molecule has 3 aromatic heterocycles. The van der Waals surface area contributed by atoms with Crippen LogP contribution >= 0.6 is 34.4 Å². The topological polar surface area (TPSA) is 86.2 Å². The summed E-state index contributed by atoms with van der Waals surface area (Å²) < 4.78 is 2.43. The molecule has 0 atom stereocenters. The number of nitrogen functional groups attached to an aromatic ring is 1. The van der Waals surface area contributed by atoms with E-state index in [1.807, 2.05) is 6.92 Å². The van der Waals surface area contributed by atoms with Crippen LogP contribution in [-0.4, -0.2) is 19.6 Å². The molecular formula is C11H11N5OS3. The van der Waals surface area contributed by atoms with E-state index in [1.54, 1.807) is 18.7 Å². The van der Waals surface area contributed by atoms with Crippen LogP contribution in [-0.2, 0) is 5.75 Å². The molecule has 0 amide bonds. The highest BCUT2D eigenvalue weighted by Gasteiger charge is 2.11. The second-order valence-electron chi connectivity index (χ2n) is 4.14. The summed E-state index contributed by atoms with van der Waals surface area (Å²) in [6.45, 7) is 3.74. The van der Waals surface area contributed by atoms with Crippen molar-refractivity contribution in [2.24, 2.45) is 0 Å². The number of aromatic nitrogens is 4. The van der Waals surface area contributed by atoms with E-state index in [1.165, 1.54) is 33.3 Å². The number of aryl methyl sites for hydroxylation is 2. The van der Waals surface area contributed by atoms with Crippen molar-refractivity contribution in [2.75, 3.05) is 5.73 Å². The van der Waals surface area contributed by atoms with Crippen LogP contribution < -0.4 is 11.3 Å². The van der Waals surface area contributed by atoms with Gasteiger partial charge in [-0.25, -0.2) is 9.97 Å². The van der Waals surface area contributed by atoms with Crippen molar-refractivity contribution in [2.45, 2.75) is 23.8 Å². The van der Waals surface area contributed by atoms with Crippen LogP contribution in [0.2, 0.25) is 0 Å². The monoisotopic (exact) mass is 325 g/mol. The van der Waals surface area contributed by atoms with E-state index in [0.29, 0.717) is 21.5 Å². The van der Waals surface area contributed by atoms with Crippen LogP contribution in [0.3, 0.4) is 0 Å². The maximum absolute atomic E-state index is 11.8. The predicted octanol–water partition coefficient (Wildman–Crippen LogP) is 2.10. The zero-order valence-electron chi connectivity index (χ0n) is 10.8. The first-order valence-corrected chi connectivity index (χ1v) is 8.37. The van der Waals surface area contributed by atoms with E-state index in [4.69, 9.17) is 5.73 Å². The van der Waals surface area contributed by atoms with E-state index in [-0.39, 0.29) is 5.56 Å². The second-order valence-corrected chi connectivity index (χ2v) is 7.45. The molecule has 20 heavy (non-hydrogen) atoms. The Bertz CT molecular complexity index is 834. The molecular weight excluding hydrogens is 314 g/mol. The van der Waals surface area contributed by atoms with Gasteiger partial charge in [0.2, 0.25) is 4.96 Å². The van der Waals surface area contributed by atoms with Gasteiger partial charge in [-0.15, -0.1) is 11.8 Å². The zero-order chi connectivity index (χ0) is 14.3. The van der Waals surface area contributed by atoms with Gasteiger partial charge in [-0.3, -0.25) is 4.79 Å². The molecule has 0 aliphatic carbocycles. The molecule has 0 radical (unpaired) electrons. The number of rotatable bonds is 3. The van der Waals surface area contributed by atoms with Crippen molar-refractivity contribution in [3.05, 3.63) is 32.8 Å². The molecule has 0 spiro atoms. The summed E-state index contributed by atoms with van der Waals surface area (Å²) in [6, 6.07) is 1.48. The Morgan fingerprint density at radius 1 is 1.35 bits per heavy atom. The van der Waals surface area contributed by atoms with Crippen LogP contribution in [0.4, 0.5) is 5.13 Å². The van der Waals surface area contributed by atoms with Crippen LogP contribution in [0, 0.1) is 13.8 Å². The fourth-order valence-corrected chi connectivity index (χ4v) is 4.64. The number of hydrogen-bond acceptors (Lipinski definition) is 8. The van der Waals surface area contributed by atoms with Gasteiger partial charge in [0.25, 0.3) is 5.56 Å². The van der Waals surface area contributed by atoms with Gasteiger partial charge in [0, 0.05) is 11.8 Å². The lowest BCUT2D eigenvalue weighted by Gasteiger charge is -1.94. The Morgan fingerprint density at radius 3 is 2.85 bits per heavy atom. The summed E-state index contributed by atoms with van der Waals surface area (Å²) in [7, 11) is 0. The lowest BCUT2D eigenvalue weighted by molar-refractivity contribution is 0.870. The number of hydrogen-bond donors (Lipinski definition) is 1. The fraction of sp³-hybridized carbons (Fsp3) is 0.273. The Balaban J connectivity index is 1.86. The minimum absolute atomic E-state index is 0.141. The standard InChI is InChI=1S/C11H11N5OS3/c1-5-3-8(17)16-11(13-5)19-7(15-16)4-18-9-6(2)14-10(12)20-9/h3H,4H2,1-2H3,(H2,12,14). The Labute approximate surface area is 126 Å². The van der Waals surface area contributed by atoms with Crippen LogP contribution in [0.1, 0.15) is 16.4 Å². The maximum Gasteiger partial charge on any atom is 0.275 e. The van der Waals surface area contributed by atoms with Crippen molar-refractivity contribution in [1.82, 2.24) is 19.6 Å². The van der Waals surface area contributed by atoms with E-state index in [0.717, 1.165) is 14.9 Å². The minimum atomic E-state index is -0.141. The SMILES string of the molecule is Cc1cc(=O)n2nc(CSc3sc(N)nc3C)sc2n1. The quantitative estimate of drug-likeness (QED) is 0.742. The first kappa shape index (κ1) is 13.5. The van der Waals surface area contributed by atoms with Crippen LogP contribution in [0.5, 0.6) is 0 Å². The Kier molecular flexibility index (Phi) is 3.48. The molecule has 0 aliphatic rings. The lowest BCUT2D eigenvalue weighted by Crippen LogP contribution is -2.14. The molecule has 0 saturated heterocycles. The van der Waals surface area contributed by atoms with Crippen molar-refractivity contribution in [1.29, 1.82) is 0 Å². The molecule has 0 aromatic carbocycles. The smallest absolute Gasteiger partial charge is 0.275 e. The van der Waals surface area contributed by atoms with Gasteiger partial charge in [-0.2, -0.15) is 9.61 Å². The van der Waals surface area contributed by atoms with Gasteiger partial charge in [-0.05, 0) is 13.8 Å². The molecule has 0 bridgehead atoms. The van der Waals surface area contributed by atoms with Gasteiger partial charge < -0.3 is 5.73 Å². The highest BCUT2D eigenvalue weighted by molar-refractivity contribution is 8.00. The largest absolute Gasteiger partial charge is 0.375 e. The fourth-order valence-electron chi connectivity index (χ4n) is 1.68. The van der Waals surface area contributed by atoms with E-state index < -0.39 is 0 Å². The minimum Gasteiger partial charge on any atom is -0.375 e. The molecule has 3 heterocycles. The number of thioether (sulfide) groups is 1. The average molecular weight is 325 g/mol. The van der Waals surface area contributed by atoms with E-state index in [2.05, 4.69) is 15.1 Å². The van der Waals surface area contributed by atoms with Gasteiger partial charge in [0.1, 0.15) is 5.01 Å². The van der Waals surface area contributed by atoms with Crippen molar-refractivity contribution in [3.63, 3.8) is 0 Å². The van der Waals surface area contributed by atoms with Crippen molar-refractivity contribution in [3.8, 4) is 0 Å². The normalized spacial score (nSPS) is 11.3. The molecule has 0 aliphatic heterocycles. The van der Waals surface area contributed by atoms with Gasteiger partial charge >= 0.3 is 0 Å². The molecule has 0 unspecified atom stereocenters. The number of nitrogens with zero attached hydrogens (tertiary/aromatic N) is 4. The molecule has 9 heteroatoms. The molecule has 3 aromatic rings. The summed E-state index contributed by atoms with van der Waals surface area (Å²) >= 11 is 4.53. The first-order valence-electron chi connectivity index (χ1n) is 5.75. The van der Waals surface area contributed by atoms with Gasteiger partial charge in [-0.1, -0.05) is 22.7 Å². The molecule has 3 rings (SSSR count). The summed E-state index contributed by atoms with van der Waals surface area (Å²) in [5.74, 6) is 0.676. The Hall–Kier alpha value is -1.45. The maximum atomic E-state index is 11.8. The number of thiazole rings is 1. The van der Waals surface area contributed by atoms with E-state index >= 15 is 0 Å².